The van der Waals surface area contributed by atoms with E-state index >= 15 is 0 Å². The molecule has 0 atom stereocenters. The number of hydrogen-bond donors (Lipinski definition) is 1. The Labute approximate surface area is 109 Å². The molecule has 1 N–H and O–H groups in total. The Balaban J connectivity index is 0.000000980. The van der Waals surface area contributed by atoms with E-state index in [4.69, 9.17) is 0 Å². The molecule has 1 aromatic carbocycles. The first-order chi connectivity index (χ1) is 6.27. The van der Waals surface area contributed by atoms with Gasteiger partial charge in [0.15, 0.2) is 0 Å². The van der Waals surface area contributed by atoms with Crippen LogP contribution in [0.25, 0.3) is 0 Å². The number of rotatable bonds is 2. The van der Waals surface area contributed by atoms with Gasteiger partial charge in [-0.2, -0.15) is 24.3 Å². The van der Waals surface area contributed by atoms with E-state index in [1.165, 1.54) is 0 Å². The zero-order valence-corrected chi connectivity index (χ0v) is 11.0. The van der Waals surface area contributed by atoms with E-state index in [0.717, 1.165) is 24.0 Å². The van der Waals surface area contributed by atoms with Crippen LogP contribution in [0, 0.1) is 13.0 Å². The second-order valence-corrected chi connectivity index (χ2v) is 3.49. The summed E-state index contributed by atoms with van der Waals surface area (Å²) in [7, 11) is 0. The van der Waals surface area contributed by atoms with Crippen molar-refractivity contribution < 1.29 is 37.5 Å². The van der Waals surface area contributed by atoms with Crippen LogP contribution in [-0.4, -0.2) is 11.9 Å². The van der Waals surface area contributed by atoms with Crippen LogP contribution >= 0.6 is 0 Å². The second kappa shape index (κ2) is 5.04. The minimum Gasteiger partial charge on any atom is -0.351 e. The maximum atomic E-state index is 11.6. The maximum absolute atomic E-state index is 11.6. The number of aryl methyl sites for hydroxylation is 1. The van der Waals surface area contributed by atoms with Crippen molar-refractivity contribution in [3.8, 4) is 0 Å². The molecule has 1 radical (unpaired) electrons. The summed E-state index contributed by atoms with van der Waals surface area (Å²) in [6.45, 7) is 1.93. The molecule has 0 aromatic heterocycles. The van der Waals surface area contributed by atoms with E-state index < -0.39 is 0 Å². The average Bonchev–Trinajstić information content (AvgIpc) is 2.89. The van der Waals surface area contributed by atoms with Gasteiger partial charge in [-0.3, -0.25) is 4.79 Å². The zero-order chi connectivity index (χ0) is 9.26. The summed E-state index contributed by atoms with van der Waals surface area (Å²) in [6.07, 6.45) is 2.26. The summed E-state index contributed by atoms with van der Waals surface area (Å²) in [5.74, 6) is 0.0500. The summed E-state index contributed by atoms with van der Waals surface area (Å²) in [5, 5.41) is 2.96. The van der Waals surface area contributed by atoms with Gasteiger partial charge < -0.3 is 5.32 Å². The number of benzene rings is 1. The van der Waals surface area contributed by atoms with Gasteiger partial charge >= 0.3 is 0 Å². The smallest absolute Gasteiger partial charge is 0.227 e. The quantitative estimate of drug-likeness (QED) is 0.808. The summed E-state index contributed by atoms with van der Waals surface area (Å²) in [6, 6.07) is 8.79. The van der Waals surface area contributed by atoms with Crippen molar-refractivity contribution in [2.75, 3.05) is 0 Å². The molecule has 0 saturated heterocycles. The Morgan fingerprint density at radius 1 is 1.57 bits per heavy atom. The summed E-state index contributed by atoms with van der Waals surface area (Å²) in [5.41, 5.74) is 1.76. The molecule has 2 rings (SSSR count). The van der Waals surface area contributed by atoms with Crippen LogP contribution in [0.3, 0.4) is 0 Å². The molecule has 3 heteroatoms. The molecule has 1 aliphatic rings. The predicted octanol–water partition coefficient (Wildman–Crippen LogP) is 1.68. The van der Waals surface area contributed by atoms with E-state index in [9.17, 15) is 4.79 Å². The Bertz CT molecular complexity index is 334. The molecule has 0 aliphatic heterocycles. The van der Waals surface area contributed by atoms with Gasteiger partial charge in [-0.25, -0.2) is 0 Å². The molecule has 1 aliphatic carbocycles. The largest absolute Gasteiger partial charge is 0.351 e. The SMILES string of the molecule is Cc1c[c-]ccc1C(=O)NC1CC1.[Y]. The van der Waals surface area contributed by atoms with E-state index in [0.29, 0.717) is 6.04 Å². The van der Waals surface area contributed by atoms with Gasteiger partial charge in [0, 0.05) is 38.8 Å². The standard InChI is InChI=1S/C11H12NO.Y/c1-8-4-2-3-5-10(8)11(13)12-9-6-7-9;/h3-5,9H,6-7H2,1H3,(H,12,13);/q-1;. The number of carbonyl (C=O) groups excluding carboxylic acids is 1. The van der Waals surface area contributed by atoms with Crippen LogP contribution < -0.4 is 5.32 Å². The van der Waals surface area contributed by atoms with Crippen molar-refractivity contribution in [1.82, 2.24) is 5.32 Å². The van der Waals surface area contributed by atoms with Gasteiger partial charge in [0.2, 0.25) is 5.91 Å². The topological polar surface area (TPSA) is 29.1 Å². The number of amides is 1. The van der Waals surface area contributed by atoms with Gasteiger partial charge in [-0.05, 0) is 12.8 Å². The first-order valence-corrected chi connectivity index (χ1v) is 4.55. The van der Waals surface area contributed by atoms with E-state index in [1.54, 1.807) is 6.07 Å². The normalized spacial score (nSPS) is 14.4. The molecule has 2 nitrogen and oxygen atoms in total. The third-order valence-electron chi connectivity index (χ3n) is 2.23. The maximum Gasteiger partial charge on any atom is 0.227 e. The number of carbonyl (C=O) groups is 1. The number of nitrogens with one attached hydrogen (secondary N) is 1. The Hall–Kier alpha value is -0.206. The third kappa shape index (κ3) is 2.89. The van der Waals surface area contributed by atoms with Crippen LogP contribution in [-0.2, 0) is 32.7 Å². The molecule has 0 bridgehead atoms. The average molecular weight is 263 g/mol. The molecular formula is C11H12NOY-. The van der Waals surface area contributed by atoms with Crippen molar-refractivity contribution in [3.63, 3.8) is 0 Å². The molecule has 0 heterocycles. The predicted molar refractivity (Wildman–Crippen MR) is 50.5 cm³/mol. The van der Waals surface area contributed by atoms with Crippen LogP contribution in [0.5, 0.6) is 0 Å². The fraction of sp³-hybridized carbons (Fsp3) is 0.364. The van der Waals surface area contributed by atoms with Crippen LogP contribution in [0.2, 0.25) is 0 Å². The van der Waals surface area contributed by atoms with Gasteiger partial charge in [0.05, 0.1) is 0 Å². The Morgan fingerprint density at radius 3 is 2.86 bits per heavy atom. The first-order valence-electron chi connectivity index (χ1n) is 4.55. The third-order valence-corrected chi connectivity index (χ3v) is 2.23. The van der Waals surface area contributed by atoms with Crippen molar-refractivity contribution >= 4 is 5.91 Å². The molecule has 1 saturated carbocycles. The van der Waals surface area contributed by atoms with Crippen molar-refractivity contribution in [1.29, 1.82) is 0 Å². The molecule has 1 fully saturated rings. The van der Waals surface area contributed by atoms with Crippen LogP contribution in [0.4, 0.5) is 0 Å². The summed E-state index contributed by atoms with van der Waals surface area (Å²) in [4.78, 5) is 11.6. The zero-order valence-electron chi connectivity index (χ0n) is 8.21. The molecule has 71 valence electrons. The van der Waals surface area contributed by atoms with Crippen LogP contribution in [0.15, 0.2) is 18.2 Å². The summed E-state index contributed by atoms with van der Waals surface area (Å²) >= 11 is 0. The molecule has 0 spiro atoms. The Kier molecular flexibility index (Phi) is 4.27. The second-order valence-electron chi connectivity index (χ2n) is 3.49. The molecule has 1 aromatic rings. The minimum atomic E-state index is 0. The molecular weight excluding hydrogens is 251 g/mol. The van der Waals surface area contributed by atoms with Gasteiger partial charge in [-0.15, -0.1) is 5.56 Å². The van der Waals surface area contributed by atoms with E-state index in [1.807, 2.05) is 19.1 Å². The van der Waals surface area contributed by atoms with Gasteiger partial charge in [0.1, 0.15) is 0 Å². The first kappa shape index (κ1) is 11.9. The van der Waals surface area contributed by atoms with Crippen molar-refractivity contribution in [3.05, 3.63) is 35.4 Å². The minimum absolute atomic E-state index is 0. The van der Waals surface area contributed by atoms with E-state index in [2.05, 4.69) is 11.4 Å². The fourth-order valence-electron chi connectivity index (χ4n) is 1.26. The molecule has 1 amide bonds. The summed E-state index contributed by atoms with van der Waals surface area (Å²) < 4.78 is 0. The monoisotopic (exact) mass is 263 g/mol. The van der Waals surface area contributed by atoms with E-state index in [-0.39, 0.29) is 38.6 Å². The molecule has 14 heavy (non-hydrogen) atoms. The number of hydrogen-bond acceptors (Lipinski definition) is 1. The van der Waals surface area contributed by atoms with Gasteiger partial charge in [0.25, 0.3) is 0 Å². The Morgan fingerprint density at radius 2 is 2.29 bits per heavy atom. The molecule has 0 unspecified atom stereocenters. The fourth-order valence-corrected chi connectivity index (χ4v) is 1.26. The van der Waals surface area contributed by atoms with Crippen LogP contribution in [0.1, 0.15) is 28.8 Å². The van der Waals surface area contributed by atoms with Crippen molar-refractivity contribution in [2.45, 2.75) is 25.8 Å². The van der Waals surface area contributed by atoms with Gasteiger partial charge in [-0.1, -0.05) is 12.5 Å². The van der Waals surface area contributed by atoms with Crippen molar-refractivity contribution in [2.24, 2.45) is 0 Å².